The Hall–Kier alpha value is -1.82. The minimum atomic E-state index is -0.0173. The molecule has 3 aromatic rings. The highest BCUT2D eigenvalue weighted by molar-refractivity contribution is 7.98. The van der Waals surface area contributed by atoms with Gasteiger partial charge in [-0.05, 0) is 54.9 Å². The Balaban J connectivity index is 1.80. The van der Waals surface area contributed by atoms with Crippen LogP contribution in [-0.2, 0) is 0 Å². The number of amides is 1. The largest absolute Gasteiger partial charge is 0.350 e. The molecule has 1 heterocycles. The van der Waals surface area contributed by atoms with Gasteiger partial charge in [-0.1, -0.05) is 30.3 Å². The first kappa shape index (κ1) is 18.0. The lowest BCUT2D eigenvalue weighted by Crippen LogP contribution is -2.34. The number of fused-ring (bicyclic) bond motifs is 1. The van der Waals surface area contributed by atoms with Gasteiger partial charge in [-0.2, -0.15) is 0 Å². The molecular weight excluding hydrogens is 348 g/mol. The summed E-state index contributed by atoms with van der Waals surface area (Å²) in [4.78, 5) is 15.8. The number of thiophene rings is 1. The molecule has 0 spiro atoms. The maximum atomic E-state index is 12.6. The molecule has 0 radical (unpaired) electrons. The van der Waals surface area contributed by atoms with Crippen molar-refractivity contribution in [1.82, 2.24) is 10.2 Å². The third kappa shape index (κ3) is 3.89. The molecule has 5 heteroatoms. The van der Waals surface area contributed by atoms with E-state index in [1.807, 2.05) is 30.5 Å². The molecule has 2 aromatic carbocycles. The van der Waals surface area contributed by atoms with Crippen LogP contribution in [0.3, 0.4) is 0 Å². The zero-order valence-electron chi connectivity index (χ0n) is 14.7. The van der Waals surface area contributed by atoms with Crippen LogP contribution in [0.2, 0.25) is 0 Å². The molecule has 1 N–H and O–H groups in total. The molecule has 3 rings (SSSR count). The summed E-state index contributed by atoms with van der Waals surface area (Å²) in [6, 6.07) is 16.3. The Morgan fingerprint density at radius 1 is 1.16 bits per heavy atom. The Labute approximate surface area is 157 Å². The first-order chi connectivity index (χ1) is 12.1. The molecule has 0 aliphatic heterocycles. The zero-order chi connectivity index (χ0) is 17.8. The van der Waals surface area contributed by atoms with Gasteiger partial charge in [0.15, 0.2) is 0 Å². The summed E-state index contributed by atoms with van der Waals surface area (Å²) in [6.45, 7) is 0.579. The molecule has 0 aliphatic carbocycles. The van der Waals surface area contributed by atoms with Crippen LogP contribution in [0.4, 0.5) is 0 Å². The molecule has 0 fully saturated rings. The summed E-state index contributed by atoms with van der Waals surface area (Å²) in [5.74, 6) is -0.0173. The average Bonchev–Trinajstić information content (AvgIpc) is 3.05. The number of carbonyl (C=O) groups excluding carboxylic acids is 1. The van der Waals surface area contributed by atoms with Crippen LogP contribution in [0.25, 0.3) is 10.1 Å². The van der Waals surface area contributed by atoms with E-state index in [-0.39, 0.29) is 11.9 Å². The number of rotatable bonds is 6. The fourth-order valence-corrected chi connectivity index (χ4v) is 4.55. The van der Waals surface area contributed by atoms with Crippen molar-refractivity contribution in [2.75, 3.05) is 26.9 Å². The average molecular weight is 371 g/mol. The number of nitrogens with zero attached hydrogens (tertiary/aromatic N) is 1. The van der Waals surface area contributed by atoms with Crippen LogP contribution < -0.4 is 5.32 Å². The van der Waals surface area contributed by atoms with Gasteiger partial charge in [0, 0.05) is 16.1 Å². The van der Waals surface area contributed by atoms with Crippen molar-refractivity contribution in [3.05, 3.63) is 65.0 Å². The highest BCUT2D eigenvalue weighted by Crippen LogP contribution is 2.32. The summed E-state index contributed by atoms with van der Waals surface area (Å²) in [7, 11) is 4.11. The second-order valence-corrected chi connectivity index (χ2v) is 7.84. The highest BCUT2D eigenvalue weighted by atomic mass is 32.2. The van der Waals surface area contributed by atoms with E-state index in [0.717, 1.165) is 10.5 Å². The number of benzene rings is 2. The molecule has 1 atom stereocenters. The van der Waals surface area contributed by atoms with Crippen molar-refractivity contribution in [2.24, 2.45) is 0 Å². The first-order valence-electron chi connectivity index (χ1n) is 8.15. The monoisotopic (exact) mass is 370 g/mol. The van der Waals surface area contributed by atoms with Crippen molar-refractivity contribution < 1.29 is 4.79 Å². The fraction of sp³-hybridized carbons (Fsp3) is 0.250. The van der Waals surface area contributed by atoms with Gasteiger partial charge in [0.25, 0.3) is 5.91 Å². The molecule has 25 heavy (non-hydrogen) atoms. The van der Waals surface area contributed by atoms with Crippen molar-refractivity contribution in [2.45, 2.75) is 10.9 Å². The molecule has 0 unspecified atom stereocenters. The van der Waals surface area contributed by atoms with Gasteiger partial charge in [-0.15, -0.1) is 23.1 Å². The number of likely N-dealkylation sites (N-methyl/N-ethyl adjacent to an activating group) is 1. The van der Waals surface area contributed by atoms with Crippen LogP contribution >= 0.6 is 23.1 Å². The SMILES string of the molecule is CSc1ccccc1C(=O)NC[C@H](c1csc2ccccc12)N(C)C. The smallest absolute Gasteiger partial charge is 0.252 e. The molecule has 130 valence electrons. The van der Waals surface area contributed by atoms with E-state index in [2.05, 4.69) is 54.0 Å². The van der Waals surface area contributed by atoms with Crippen LogP contribution in [0.15, 0.2) is 58.8 Å². The normalized spacial score (nSPS) is 12.5. The van der Waals surface area contributed by atoms with E-state index in [1.165, 1.54) is 15.6 Å². The van der Waals surface area contributed by atoms with Crippen molar-refractivity contribution in [3.63, 3.8) is 0 Å². The predicted octanol–water partition coefficient (Wildman–Crippen LogP) is 4.66. The standard InChI is InChI=1S/C20H22N2OS2/c1-22(2)17(16-13-25-19-11-7-4-8-14(16)19)12-21-20(23)15-9-5-6-10-18(15)24-3/h4-11,13,17H,12H2,1-3H3,(H,21,23)/t17-/m1/s1. The summed E-state index contributed by atoms with van der Waals surface area (Å²) in [5.41, 5.74) is 2.01. The van der Waals surface area contributed by atoms with E-state index in [1.54, 1.807) is 23.1 Å². The summed E-state index contributed by atoms with van der Waals surface area (Å²) >= 11 is 3.35. The Kier molecular flexibility index (Phi) is 5.78. The van der Waals surface area contributed by atoms with Crippen molar-refractivity contribution in [1.29, 1.82) is 0 Å². The summed E-state index contributed by atoms with van der Waals surface area (Å²) in [6.07, 6.45) is 1.99. The molecule has 0 saturated carbocycles. The fourth-order valence-electron chi connectivity index (χ4n) is 2.94. The van der Waals surface area contributed by atoms with Gasteiger partial charge in [-0.3, -0.25) is 4.79 Å². The molecule has 0 saturated heterocycles. The van der Waals surface area contributed by atoms with Gasteiger partial charge < -0.3 is 10.2 Å². The van der Waals surface area contributed by atoms with Gasteiger partial charge in [0.1, 0.15) is 0 Å². The lowest BCUT2D eigenvalue weighted by molar-refractivity contribution is 0.0939. The van der Waals surface area contributed by atoms with Gasteiger partial charge in [0.2, 0.25) is 0 Å². The second kappa shape index (κ2) is 8.04. The topological polar surface area (TPSA) is 32.3 Å². The number of hydrogen-bond acceptors (Lipinski definition) is 4. The summed E-state index contributed by atoms with van der Waals surface area (Å²) < 4.78 is 1.28. The van der Waals surface area contributed by atoms with Crippen LogP contribution in [-0.4, -0.2) is 37.7 Å². The Morgan fingerprint density at radius 2 is 1.88 bits per heavy atom. The van der Waals surface area contributed by atoms with Crippen LogP contribution in [0.5, 0.6) is 0 Å². The molecule has 1 aromatic heterocycles. The quantitative estimate of drug-likeness (QED) is 0.641. The third-order valence-corrected chi connectivity index (χ3v) is 6.08. The number of carbonyl (C=O) groups is 1. The number of thioether (sulfide) groups is 1. The number of nitrogens with one attached hydrogen (secondary N) is 1. The van der Waals surface area contributed by atoms with Crippen molar-refractivity contribution >= 4 is 39.1 Å². The van der Waals surface area contributed by atoms with E-state index in [9.17, 15) is 4.79 Å². The van der Waals surface area contributed by atoms with Gasteiger partial charge in [-0.25, -0.2) is 0 Å². The lowest BCUT2D eigenvalue weighted by atomic mass is 10.0. The second-order valence-electron chi connectivity index (χ2n) is 6.08. The molecule has 1 amide bonds. The maximum Gasteiger partial charge on any atom is 0.252 e. The van der Waals surface area contributed by atoms with E-state index < -0.39 is 0 Å². The molecular formula is C20H22N2OS2. The Bertz CT molecular complexity index is 873. The van der Waals surface area contributed by atoms with Crippen LogP contribution in [0, 0.1) is 0 Å². The summed E-state index contributed by atoms with van der Waals surface area (Å²) in [5, 5.41) is 6.59. The molecule has 3 nitrogen and oxygen atoms in total. The maximum absolute atomic E-state index is 12.6. The molecule has 0 bridgehead atoms. The highest BCUT2D eigenvalue weighted by Gasteiger charge is 2.20. The van der Waals surface area contributed by atoms with Gasteiger partial charge >= 0.3 is 0 Å². The van der Waals surface area contributed by atoms with Crippen molar-refractivity contribution in [3.8, 4) is 0 Å². The van der Waals surface area contributed by atoms with E-state index in [0.29, 0.717) is 6.54 Å². The van der Waals surface area contributed by atoms with Gasteiger partial charge in [0.05, 0.1) is 11.6 Å². The first-order valence-corrected chi connectivity index (χ1v) is 10.3. The third-order valence-electron chi connectivity index (χ3n) is 4.30. The Morgan fingerprint density at radius 3 is 2.64 bits per heavy atom. The minimum Gasteiger partial charge on any atom is -0.350 e. The van der Waals surface area contributed by atoms with Crippen LogP contribution in [0.1, 0.15) is 22.0 Å². The minimum absolute atomic E-state index is 0.0173. The lowest BCUT2D eigenvalue weighted by Gasteiger charge is -2.25. The zero-order valence-corrected chi connectivity index (χ0v) is 16.3. The van der Waals surface area contributed by atoms with E-state index in [4.69, 9.17) is 0 Å². The number of hydrogen-bond donors (Lipinski definition) is 1. The predicted molar refractivity (Wildman–Crippen MR) is 109 cm³/mol. The van der Waals surface area contributed by atoms with E-state index >= 15 is 0 Å². The molecule has 0 aliphatic rings.